The van der Waals surface area contributed by atoms with Crippen molar-refractivity contribution in [1.29, 1.82) is 0 Å². The Hall–Kier alpha value is -2.38. The molecule has 3 aromatic rings. The van der Waals surface area contributed by atoms with Crippen molar-refractivity contribution < 1.29 is 5.11 Å². The van der Waals surface area contributed by atoms with Crippen LogP contribution >= 0.6 is 11.8 Å². The number of pyridine rings is 1. The highest BCUT2D eigenvalue weighted by Gasteiger charge is 2.53. The molecule has 1 saturated carbocycles. The third kappa shape index (κ3) is 5.45. The molecule has 4 aliphatic rings. The van der Waals surface area contributed by atoms with Gasteiger partial charge in [-0.05, 0) is 105 Å². The first kappa shape index (κ1) is 27.5. The van der Waals surface area contributed by atoms with E-state index in [1.54, 1.807) is 17.3 Å². The van der Waals surface area contributed by atoms with Gasteiger partial charge in [0.15, 0.2) is 0 Å². The normalized spacial score (nSPS) is 28.0. The molecule has 1 N–H and O–H groups in total. The molecule has 4 heterocycles. The van der Waals surface area contributed by atoms with E-state index in [1.165, 1.54) is 66.4 Å². The smallest absolute Gasteiger partial charge is 0.0577 e. The zero-order valence-electron chi connectivity index (χ0n) is 24.4. The van der Waals surface area contributed by atoms with Crippen molar-refractivity contribution in [3.05, 3.63) is 84.2 Å². The molecule has 0 spiro atoms. The fraction of sp³-hybridized carbons (Fsp3) is 0.514. The SMILES string of the molecule is CN1Cc2ccccc2C(C2CCN(CC3CN(c4ccc(Sc5ccncc5)cc4)C3)CC2)([C@H]2CCC[C@@H]2O)C1. The van der Waals surface area contributed by atoms with Gasteiger partial charge in [-0.1, -0.05) is 42.4 Å². The fourth-order valence-electron chi connectivity index (χ4n) is 8.66. The quantitative estimate of drug-likeness (QED) is 0.381. The maximum Gasteiger partial charge on any atom is 0.0577 e. The first-order valence-electron chi connectivity index (χ1n) is 15.7. The lowest BCUT2D eigenvalue weighted by Gasteiger charge is -2.54. The predicted molar refractivity (Wildman–Crippen MR) is 167 cm³/mol. The summed E-state index contributed by atoms with van der Waals surface area (Å²) >= 11 is 1.79. The number of hydrogen-bond acceptors (Lipinski definition) is 6. The number of hydrogen-bond donors (Lipinski definition) is 1. The van der Waals surface area contributed by atoms with E-state index in [1.807, 2.05) is 12.4 Å². The highest BCUT2D eigenvalue weighted by atomic mass is 32.2. The van der Waals surface area contributed by atoms with E-state index < -0.39 is 0 Å². The number of aliphatic hydroxyl groups is 1. The maximum absolute atomic E-state index is 11.2. The van der Waals surface area contributed by atoms with Gasteiger partial charge >= 0.3 is 0 Å². The average Bonchev–Trinajstić information content (AvgIpc) is 3.42. The average molecular weight is 569 g/mol. The number of benzene rings is 2. The summed E-state index contributed by atoms with van der Waals surface area (Å²) < 4.78 is 0. The minimum absolute atomic E-state index is 0.0840. The fourth-order valence-corrected chi connectivity index (χ4v) is 9.46. The Labute approximate surface area is 250 Å². The van der Waals surface area contributed by atoms with Gasteiger partial charge in [0, 0.05) is 71.9 Å². The van der Waals surface area contributed by atoms with Crippen LogP contribution in [-0.4, -0.2) is 72.3 Å². The molecule has 3 atom stereocenters. The molecular weight excluding hydrogens is 524 g/mol. The van der Waals surface area contributed by atoms with E-state index in [9.17, 15) is 5.11 Å². The molecule has 2 saturated heterocycles. The Morgan fingerprint density at radius 2 is 1.63 bits per heavy atom. The van der Waals surface area contributed by atoms with Crippen LogP contribution in [0.3, 0.4) is 0 Å². The molecule has 2 aromatic carbocycles. The molecule has 1 aromatic heterocycles. The van der Waals surface area contributed by atoms with Gasteiger partial charge in [-0.3, -0.25) is 4.98 Å². The summed E-state index contributed by atoms with van der Waals surface area (Å²) in [5.74, 6) is 1.78. The molecule has 0 bridgehead atoms. The lowest BCUT2D eigenvalue weighted by molar-refractivity contribution is -0.00308. The monoisotopic (exact) mass is 568 g/mol. The highest BCUT2D eigenvalue weighted by molar-refractivity contribution is 7.99. The number of fused-ring (bicyclic) bond motifs is 1. The van der Waals surface area contributed by atoms with Gasteiger partial charge in [0.1, 0.15) is 0 Å². The summed E-state index contributed by atoms with van der Waals surface area (Å²) in [5, 5.41) is 11.2. The van der Waals surface area contributed by atoms with Crippen molar-refractivity contribution in [1.82, 2.24) is 14.8 Å². The zero-order valence-corrected chi connectivity index (χ0v) is 25.2. The lowest BCUT2D eigenvalue weighted by atomic mass is 9.56. The van der Waals surface area contributed by atoms with E-state index in [-0.39, 0.29) is 11.5 Å². The van der Waals surface area contributed by atoms with E-state index in [4.69, 9.17) is 0 Å². The van der Waals surface area contributed by atoms with Gasteiger partial charge in [0.25, 0.3) is 0 Å². The van der Waals surface area contributed by atoms with Gasteiger partial charge in [-0.25, -0.2) is 0 Å². The zero-order chi connectivity index (χ0) is 27.8. The van der Waals surface area contributed by atoms with E-state index in [0.717, 1.165) is 38.5 Å². The van der Waals surface area contributed by atoms with Crippen LogP contribution in [0.15, 0.2) is 82.8 Å². The maximum atomic E-state index is 11.2. The first-order chi connectivity index (χ1) is 20.1. The van der Waals surface area contributed by atoms with Crippen LogP contribution in [0.1, 0.15) is 43.2 Å². The van der Waals surface area contributed by atoms with E-state index >= 15 is 0 Å². The number of aromatic nitrogens is 1. The second-order valence-corrected chi connectivity index (χ2v) is 14.2. The Morgan fingerprint density at radius 1 is 0.902 bits per heavy atom. The molecular formula is C35H44N4OS. The summed E-state index contributed by atoms with van der Waals surface area (Å²) in [6, 6.07) is 22.4. The molecule has 3 fully saturated rings. The van der Waals surface area contributed by atoms with Crippen molar-refractivity contribution in [2.24, 2.45) is 17.8 Å². The van der Waals surface area contributed by atoms with Crippen molar-refractivity contribution in [2.75, 3.05) is 51.2 Å². The van der Waals surface area contributed by atoms with Crippen LogP contribution < -0.4 is 4.90 Å². The minimum atomic E-state index is -0.156. The number of anilines is 1. The van der Waals surface area contributed by atoms with Crippen molar-refractivity contribution in [2.45, 2.75) is 60.0 Å². The van der Waals surface area contributed by atoms with Gasteiger partial charge in [0.2, 0.25) is 0 Å². The molecule has 1 unspecified atom stereocenters. The largest absolute Gasteiger partial charge is 0.393 e. The Balaban J connectivity index is 0.961. The molecule has 3 aliphatic heterocycles. The number of piperidine rings is 1. The van der Waals surface area contributed by atoms with Crippen molar-refractivity contribution in [3.63, 3.8) is 0 Å². The van der Waals surface area contributed by atoms with Crippen molar-refractivity contribution >= 4 is 17.4 Å². The Kier molecular flexibility index (Phi) is 7.84. The molecule has 7 rings (SSSR count). The number of likely N-dealkylation sites (tertiary alicyclic amines) is 1. The van der Waals surface area contributed by atoms with Crippen LogP contribution in [0.5, 0.6) is 0 Å². The van der Waals surface area contributed by atoms with E-state index in [0.29, 0.717) is 11.8 Å². The molecule has 0 amide bonds. The predicted octanol–water partition coefficient (Wildman–Crippen LogP) is 5.93. The van der Waals surface area contributed by atoms with Gasteiger partial charge < -0.3 is 19.8 Å². The molecule has 6 heteroatoms. The van der Waals surface area contributed by atoms with Crippen LogP contribution in [-0.2, 0) is 12.0 Å². The number of likely N-dealkylation sites (N-methyl/N-ethyl adjacent to an activating group) is 1. The van der Waals surface area contributed by atoms with E-state index in [2.05, 4.69) is 87.4 Å². The molecule has 5 nitrogen and oxygen atoms in total. The topological polar surface area (TPSA) is 42.8 Å². The summed E-state index contributed by atoms with van der Waals surface area (Å²) in [6.07, 6.45) is 9.36. The second-order valence-electron chi connectivity index (χ2n) is 13.1. The third-order valence-electron chi connectivity index (χ3n) is 10.5. The first-order valence-corrected chi connectivity index (χ1v) is 16.5. The Bertz CT molecular complexity index is 1310. The molecule has 41 heavy (non-hydrogen) atoms. The standard InChI is InChI=1S/C35H44N4OS/c1-37-24-27-5-2-3-6-32(27)35(25-37,33-7-4-8-34(33)40)28-15-19-38(20-16-28)21-26-22-39(23-26)29-9-11-30(12-10-29)41-31-13-17-36-18-14-31/h2-3,5-6,9-14,17-18,26,28,33-34,40H,4,7-8,15-16,19-25H2,1H3/t33-,34-,35?/m0/s1. The summed E-state index contributed by atoms with van der Waals surface area (Å²) in [4.78, 5) is 14.4. The molecule has 1 aliphatic carbocycles. The minimum Gasteiger partial charge on any atom is -0.393 e. The summed E-state index contributed by atoms with van der Waals surface area (Å²) in [6.45, 7) is 8.05. The third-order valence-corrected chi connectivity index (χ3v) is 11.5. The van der Waals surface area contributed by atoms with Crippen LogP contribution in [0, 0.1) is 17.8 Å². The van der Waals surface area contributed by atoms with Crippen LogP contribution in [0.25, 0.3) is 0 Å². The summed E-state index contributed by atoms with van der Waals surface area (Å²) in [7, 11) is 2.29. The second kappa shape index (κ2) is 11.7. The number of aliphatic hydroxyl groups excluding tert-OH is 1. The van der Waals surface area contributed by atoms with Gasteiger partial charge in [0.05, 0.1) is 6.10 Å². The number of nitrogens with zero attached hydrogens (tertiary/aromatic N) is 4. The van der Waals surface area contributed by atoms with Gasteiger partial charge in [-0.15, -0.1) is 0 Å². The van der Waals surface area contributed by atoms with Crippen molar-refractivity contribution in [3.8, 4) is 0 Å². The van der Waals surface area contributed by atoms with Crippen LogP contribution in [0.2, 0.25) is 0 Å². The molecule has 0 radical (unpaired) electrons. The lowest BCUT2D eigenvalue weighted by Crippen LogP contribution is -2.58. The highest BCUT2D eigenvalue weighted by Crippen LogP contribution is 2.53. The molecule has 216 valence electrons. The van der Waals surface area contributed by atoms with Crippen LogP contribution in [0.4, 0.5) is 5.69 Å². The van der Waals surface area contributed by atoms with Gasteiger partial charge in [-0.2, -0.15) is 0 Å². The summed E-state index contributed by atoms with van der Waals surface area (Å²) in [5.41, 5.74) is 4.47. The Morgan fingerprint density at radius 3 is 2.37 bits per heavy atom. The number of rotatable bonds is 7.